The van der Waals surface area contributed by atoms with Crippen LogP contribution in [0.15, 0.2) is 66.7 Å². The molecule has 246 valence electrons. The van der Waals surface area contributed by atoms with Crippen molar-refractivity contribution in [3.8, 4) is 11.1 Å². The van der Waals surface area contributed by atoms with Crippen LogP contribution >= 0.6 is 0 Å². The molecule has 1 aliphatic carbocycles. The number of alkyl carbamates (subject to hydrolysis) is 1. The molecule has 0 unspecified atom stereocenters. The molecule has 0 radical (unpaired) electrons. The third kappa shape index (κ3) is 8.15. The molecule has 0 aromatic heterocycles. The Bertz CT molecular complexity index is 1440. The number of amides is 3. The molecule has 0 bridgehead atoms. The van der Waals surface area contributed by atoms with Crippen molar-refractivity contribution in [2.45, 2.75) is 102 Å². The summed E-state index contributed by atoms with van der Waals surface area (Å²) in [6, 6.07) is 16.2. The Morgan fingerprint density at radius 3 is 2.43 bits per heavy atom. The van der Waals surface area contributed by atoms with E-state index in [1.807, 2.05) is 66.7 Å². The Morgan fingerprint density at radius 2 is 1.74 bits per heavy atom. The summed E-state index contributed by atoms with van der Waals surface area (Å²) in [7, 11) is 0. The zero-order valence-corrected chi connectivity index (χ0v) is 26.9. The summed E-state index contributed by atoms with van der Waals surface area (Å²) in [6.07, 6.45) is 6.71. The maximum atomic E-state index is 14.1. The zero-order chi connectivity index (χ0) is 32.9. The number of rotatable bonds is 6. The Hall–Kier alpha value is -4.18. The predicted molar refractivity (Wildman–Crippen MR) is 173 cm³/mol. The highest BCUT2D eigenvalue weighted by molar-refractivity contribution is 5.96. The Balaban J connectivity index is 1.34. The lowest BCUT2D eigenvalue weighted by Crippen LogP contribution is -2.56. The van der Waals surface area contributed by atoms with Gasteiger partial charge in [0.1, 0.15) is 23.2 Å². The fourth-order valence-corrected chi connectivity index (χ4v) is 6.27. The first-order valence-corrected chi connectivity index (χ1v) is 16.2. The van der Waals surface area contributed by atoms with Crippen LogP contribution < -0.4 is 10.6 Å². The van der Waals surface area contributed by atoms with Gasteiger partial charge >= 0.3 is 12.1 Å². The summed E-state index contributed by atoms with van der Waals surface area (Å²) in [4.78, 5) is 54.4. The van der Waals surface area contributed by atoms with Crippen LogP contribution in [0.3, 0.4) is 0 Å². The Kier molecular flexibility index (Phi) is 10.2. The highest BCUT2D eigenvalue weighted by atomic mass is 16.6. The van der Waals surface area contributed by atoms with Gasteiger partial charge in [0, 0.05) is 18.9 Å². The van der Waals surface area contributed by atoms with Gasteiger partial charge in [0.05, 0.1) is 12.7 Å². The number of hydrogen-bond donors (Lipinski definition) is 3. The van der Waals surface area contributed by atoms with Crippen molar-refractivity contribution in [1.29, 1.82) is 0 Å². The molecule has 3 aliphatic rings. The van der Waals surface area contributed by atoms with Crippen LogP contribution in [0.4, 0.5) is 4.79 Å². The Morgan fingerprint density at radius 1 is 1.02 bits per heavy atom. The van der Waals surface area contributed by atoms with Gasteiger partial charge in [0.2, 0.25) is 11.8 Å². The second kappa shape index (κ2) is 14.1. The monoisotopic (exact) mass is 631 g/mol. The molecule has 10 nitrogen and oxygen atoms in total. The quantitative estimate of drug-likeness (QED) is 0.373. The molecule has 2 heterocycles. The van der Waals surface area contributed by atoms with E-state index < -0.39 is 53.2 Å². The SMILES string of the molecule is CC(C)(C)OC(=O)N[C@H]1CCCCC/C=C\[C@@H]2C[C@@]2(C(=O)O)NC(=O)[C@@H]2C[C@@H](OCc3ccc(-c4ccccc4)cc3)CN2C1=O. The smallest absolute Gasteiger partial charge is 0.408 e. The van der Waals surface area contributed by atoms with Gasteiger partial charge in [-0.05, 0) is 63.1 Å². The molecule has 5 atom stereocenters. The van der Waals surface area contributed by atoms with Crippen molar-refractivity contribution in [2.24, 2.45) is 5.92 Å². The standard InChI is InChI=1S/C36H45N3O7/c1-35(2,3)46-34(44)37-29-15-11-6-4-5-10-14-27-21-36(27,33(42)43)38-31(40)30-20-28(22-39(30)32(29)41)45-23-24-16-18-26(19-17-24)25-12-8-7-9-13-25/h7-10,12-14,16-19,27-30H,4-6,11,15,20-23H2,1-3H3,(H,37,44)(H,38,40)(H,42,43)/b14-10-/t27-,28-,29+,30+,36-/m1/s1. The van der Waals surface area contributed by atoms with Gasteiger partial charge in [0.15, 0.2) is 0 Å². The molecule has 0 spiro atoms. The summed E-state index contributed by atoms with van der Waals surface area (Å²) in [6.45, 7) is 5.66. The van der Waals surface area contributed by atoms with Crippen molar-refractivity contribution >= 4 is 23.9 Å². The van der Waals surface area contributed by atoms with E-state index in [0.717, 1.165) is 36.0 Å². The van der Waals surface area contributed by atoms with Crippen molar-refractivity contribution in [3.05, 3.63) is 72.3 Å². The van der Waals surface area contributed by atoms with E-state index in [0.29, 0.717) is 19.3 Å². The number of nitrogens with zero attached hydrogens (tertiary/aromatic N) is 1. The highest BCUT2D eigenvalue weighted by Crippen LogP contribution is 2.45. The molecular weight excluding hydrogens is 586 g/mol. The number of carboxylic acid groups (broad SMARTS) is 1. The second-order valence-electron chi connectivity index (χ2n) is 13.6. The summed E-state index contributed by atoms with van der Waals surface area (Å²) in [5, 5.41) is 15.6. The van der Waals surface area contributed by atoms with Gasteiger partial charge in [-0.15, -0.1) is 0 Å². The zero-order valence-electron chi connectivity index (χ0n) is 26.9. The maximum Gasteiger partial charge on any atom is 0.408 e. The lowest BCUT2D eigenvalue weighted by atomic mass is 10.0. The van der Waals surface area contributed by atoms with Crippen LogP contribution in [0.25, 0.3) is 11.1 Å². The van der Waals surface area contributed by atoms with Gasteiger partial charge in [-0.2, -0.15) is 0 Å². The van der Waals surface area contributed by atoms with Gasteiger partial charge in [-0.25, -0.2) is 9.59 Å². The molecule has 2 fully saturated rings. The number of carbonyl (C=O) groups is 4. The van der Waals surface area contributed by atoms with Crippen LogP contribution in [-0.4, -0.2) is 69.8 Å². The van der Waals surface area contributed by atoms with Gasteiger partial charge in [-0.1, -0.05) is 79.6 Å². The van der Waals surface area contributed by atoms with E-state index in [2.05, 4.69) is 10.6 Å². The van der Waals surface area contributed by atoms with E-state index >= 15 is 0 Å². The topological polar surface area (TPSA) is 134 Å². The molecule has 2 aromatic carbocycles. The Labute approximate surface area is 270 Å². The number of allylic oxidation sites excluding steroid dienone is 1. The molecule has 3 N–H and O–H groups in total. The second-order valence-corrected chi connectivity index (χ2v) is 13.6. The van der Waals surface area contributed by atoms with Crippen molar-refractivity contribution < 1.29 is 33.8 Å². The van der Waals surface area contributed by atoms with E-state index in [4.69, 9.17) is 9.47 Å². The summed E-state index contributed by atoms with van der Waals surface area (Å²) >= 11 is 0. The summed E-state index contributed by atoms with van der Waals surface area (Å²) in [5.41, 5.74) is 1.00. The van der Waals surface area contributed by atoms with Crippen LogP contribution in [0, 0.1) is 5.92 Å². The van der Waals surface area contributed by atoms with Crippen molar-refractivity contribution in [2.75, 3.05) is 6.54 Å². The fraction of sp³-hybridized carbons (Fsp3) is 0.500. The molecule has 3 amide bonds. The molecule has 10 heteroatoms. The first-order chi connectivity index (χ1) is 21.9. The van der Waals surface area contributed by atoms with E-state index in [9.17, 15) is 24.3 Å². The largest absolute Gasteiger partial charge is 0.479 e. The number of aliphatic carboxylic acids is 1. The maximum absolute atomic E-state index is 14.1. The minimum absolute atomic E-state index is 0.134. The lowest BCUT2D eigenvalue weighted by molar-refractivity contribution is -0.145. The molecular formula is C36H45N3O7. The lowest BCUT2D eigenvalue weighted by Gasteiger charge is -2.30. The molecule has 1 saturated carbocycles. The van der Waals surface area contributed by atoms with E-state index in [1.54, 1.807) is 20.8 Å². The average Bonchev–Trinajstić information content (AvgIpc) is 3.54. The van der Waals surface area contributed by atoms with Crippen LogP contribution in [-0.2, 0) is 30.5 Å². The van der Waals surface area contributed by atoms with Gasteiger partial charge < -0.3 is 30.1 Å². The van der Waals surface area contributed by atoms with Crippen LogP contribution in [0.2, 0.25) is 0 Å². The first-order valence-electron chi connectivity index (χ1n) is 16.2. The van der Waals surface area contributed by atoms with Crippen molar-refractivity contribution in [3.63, 3.8) is 0 Å². The molecule has 2 aliphatic heterocycles. The number of benzene rings is 2. The average molecular weight is 632 g/mol. The normalized spacial score (nSPS) is 27.7. The minimum atomic E-state index is -1.39. The third-order valence-corrected chi connectivity index (χ3v) is 8.86. The molecule has 2 aromatic rings. The number of nitrogens with one attached hydrogen (secondary N) is 2. The van der Waals surface area contributed by atoms with E-state index in [-0.39, 0.29) is 25.5 Å². The molecule has 5 rings (SSSR count). The van der Waals surface area contributed by atoms with Crippen molar-refractivity contribution in [1.82, 2.24) is 15.5 Å². The number of hydrogen-bond acceptors (Lipinski definition) is 6. The van der Waals surface area contributed by atoms with Gasteiger partial charge in [0.25, 0.3) is 0 Å². The minimum Gasteiger partial charge on any atom is -0.479 e. The van der Waals surface area contributed by atoms with Gasteiger partial charge in [-0.3, -0.25) is 9.59 Å². The summed E-state index contributed by atoms with van der Waals surface area (Å²) < 4.78 is 11.7. The fourth-order valence-electron chi connectivity index (χ4n) is 6.27. The molecule has 46 heavy (non-hydrogen) atoms. The number of carboxylic acids is 1. The number of ether oxygens (including phenoxy) is 2. The molecule has 1 saturated heterocycles. The highest BCUT2D eigenvalue weighted by Gasteiger charge is 2.61. The number of carbonyl (C=O) groups excluding carboxylic acids is 3. The first kappa shape index (κ1) is 33.2. The predicted octanol–water partition coefficient (Wildman–Crippen LogP) is 5.21. The van der Waals surface area contributed by atoms with Crippen LogP contribution in [0.5, 0.6) is 0 Å². The third-order valence-electron chi connectivity index (χ3n) is 8.86. The number of fused-ring (bicyclic) bond motifs is 2. The van der Waals surface area contributed by atoms with E-state index in [1.165, 1.54) is 4.90 Å². The van der Waals surface area contributed by atoms with Crippen LogP contribution in [0.1, 0.15) is 71.3 Å². The summed E-state index contributed by atoms with van der Waals surface area (Å²) in [5.74, 6) is -2.34.